The fourth-order valence-electron chi connectivity index (χ4n) is 3.87. The van der Waals surface area contributed by atoms with Crippen LogP contribution in [0.15, 0.2) is 71.9 Å². The maximum Gasteiger partial charge on any atom is 0.276 e. The molecule has 2 aromatic carbocycles. The molecule has 7 nitrogen and oxygen atoms in total. The Balaban J connectivity index is 1.89. The molecule has 0 radical (unpaired) electrons. The number of rotatable bonds is 4. The van der Waals surface area contributed by atoms with Crippen LogP contribution in [0.3, 0.4) is 0 Å². The van der Waals surface area contributed by atoms with E-state index in [1.54, 1.807) is 42.3 Å². The summed E-state index contributed by atoms with van der Waals surface area (Å²) in [5.41, 5.74) is 2.33. The summed E-state index contributed by atoms with van der Waals surface area (Å²) in [5.74, 6) is 0.305. The predicted molar refractivity (Wildman–Crippen MR) is 115 cm³/mol. The monoisotopic (exact) mass is 415 g/mol. The Hall–Kier alpha value is -4.04. The van der Waals surface area contributed by atoms with Crippen LogP contribution in [0.4, 0.5) is 4.39 Å². The van der Waals surface area contributed by atoms with Crippen molar-refractivity contribution in [2.75, 3.05) is 0 Å². The van der Waals surface area contributed by atoms with Crippen molar-refractivity contribution in [3.63, 3.8) is 0 Å². The first-order valence-corrected chi connectivity index (χ1v) is 9.66. The van der Waals surface area contributed by atoms with E-state index in [1.807, 2.05) is 30.3 Å². The van der Waals surface area contributed by atoms with Gasteiger partial charge in [-0.15, -0.1) is 5.10 Å². The highest BCUT2D eigenvalue weighted by atomic mass is 19.1. The molecule has 5 rings (SSSR count). The zero-order valence-corrected chi connectivity index (χ0v) is 16.6. The number of imidazole rings is 1. The summed E-state index contributed by atoms with van der Waals surface area (Å²) in [6.07, 6.45) is 4.99. The summed E-state index contributed by atoms with van der Waals surface area (Å²) in [6.45, 7) is -0.337. The van der Waals surface area contributed by atoms with E-state index >= 15 is 0 Å². The minimum absolute atomic E-state index is 0.243. The van der Waals surface area contributed by atoms with Crippen LogP contribution in [0, 0.1) is 5.82 Å². The van der Waals surface area contributed by atoms with Crippen LogP contribution in [0.5, 0.6) is 0 Å². The summed E-state index contributed by atoms with van der Waals surface area (Å²) < 4.78 is 18.2. The lowest BCUT2D eigenvalue weighted by molar-refractivity contribution is 0.282. The number of aliphatic hydroxyl groups is 1. The summed E-state index contributed by atoms with van der Waals surface area (Å²) in [5, 5.41) is 14.4. The largest absolute Gasteiger partial charge is 0.392 e. The van der Waals surface area contributed by atoms with Crippen LogP contribution in [-0.2, 0) is 13.7 Å². The number of aliphatic hydroxyl groups excluding tert-OH is 1. The smallest absolute Gasteiger partial charge is 0.276 e. The van der Waals surface area contributed by atoms with E-state index in [0.29, 0.717) is 28.3 Å². The van der Waals surface area contributed by atoms with E-state index < -0.39 is 5.82 Å². The van der Waals surface area contributed by atoms with Crippen LogP contribution in [0.2, 0.25) is 0 Å². The number of nitrogens with zero attached hydrogens (tertiary/aromatic N) is 4. The van der Waals surface area contributed by atoms with Crippen LogP contribution < -0.4 is 5.56 Å². The summed E-state index contributed by atoms with van der Waals surface area (Å²) >= 11 is 0. The number of hydrogen-bond donors (Lipinski definition) is 2. The van der Waals surface area contributed by atoms with Crippen molar-refractivity contribution in [1.82, 2.24) is 24.1 Å². The number of hydrogen-bond acceptors (Lipinski definition) is 4. The zero-order chi connectivity index (χ0) is 21.5. The molecule has 0 saturated carbocycles. The minimum Gasteiger partial charge on any atom is -0.392 e. The second-order valence-corrected chi connectivity index (χ2v) is 7.17. The molecule has 8 heteroatoms. The van der Waals surface area contributed by atoms with Gasteiger partial charge in [0.25, 0.3) is 5.56 Å². The molecule has 0 fully saturated rings. The van der Waals surface area contributed by atoms with Gasteiger partial charge in [-0.1, -0.05) is 42.5 Å². The lowest BCUT2D eigenvalue weighted by Gasteiger charge is -2.10. The Bertz CT molecular complexity index is 1470. The number of benzene rings is 2. The predicted octanol–water partition coefficient (Wildman–Crippen LogP) is 3.39. The van der Waals surface area contributed by atoms with E-state index in [0.717, 1.165) is 5.56 Å². The van der Waals surface area contributed by atoms with Gasteiger partial charge in [0, 0.05) is 42.3 Å². The molecule has 0 aliphatic rings. The first-order valence-electron chi connectivity index (χ1n) is 9.66. The number of H-pyrrole nitrogens is 1. The summed E-state index contributed by atoms with van der Waals surface area (Å²) in [4.78, 5) is 20.2. The van der Waals surface area contributed by atoms with Crippen LogP contribution in [0.1, 0.15) is 5.56 Å². The molecular weight excluding hydrogens is 397 g/mol. The molecule has 0 aliphatic carbocycles. The Morgan fingerprint density at radius 1 is 1.10 bits per heavy atom. The number of aromatic nitrogens is 5. The maximum atomic E-state index is 15.0. The quantitative estimate of drug-likeness (QED) is 0.471. The van der Waals surface area contributed by atoms with Gasteiger partial charge in [0.05, 0.1) is 6.61 Å². The van der Waals surface area contributed by atoms with Gasteiger partial charge in [0.15, 0.2) is 11.6 Å². The second-order valence-electron chi connectivity index (χ2n) is 7.17. The van der Waals surface area contributed by atoms with Gasteiger partial charge in [-0.3, -0.25) is 4.79 Å². The first kappa shape index (κ1) is 19.0. The lowest BCUT2D eigenvalue weighted by atomic mass is 9.94. The van der Waals surface area contributed by atoms with E-state index in [-0.39, 0.29) is 23.2 Å². The van der Waals surface area contributed by atoms with Gasteiger partial charge >= 0.3 is 0 Å². The van der Waals surface area contributed by atoms with Crippen LogP contribution >= 0.6 is 0 Å². The second kappa shape index (κ2) is 7.33. The molecule has 0 unspecified atom stereocenters. The van der Waals surface area contributed by atoms with Crippen molar-refractivity contribution in [2.24, 2.45) is 7.05 Å². The Morgan fingerprint density at radius 2 is 1.90 bits per heavy atom. The van der Waals surface area contributed by atoms with Gasteiger partial charge in [0.2, 0.25) is 0 Å². The Labute approximate surface area is 176 Å². The highest BCUT2D eigenvalue weighted by Gasteiger charge is 2.23. The zero-order valence-electron chi connectivity index (χ0n) is 16.6. The molecular formula is C23H18FN5O2. The van der Waals surface area contributed by atoms with Crippen molar-refractivity contribution < 1.29 is 9.50 Å². The minimum atomic E-state index is -0.486. The molecule has 3 heterocycles. The van der Waals surface area contributed by atoms with E-state index in [1.165, 1.54) is 10.6 Å². The molecule has 2 N–H and O–H groups in total. The standard InChI is InChI=1S/C23H18FN5O2/c1-28-11-10-25-22(28)21-26-23(31)20-19(14-6-3-2-4-7-14)16(12-29(20)27-21)18-15(13-30)8-5-9-17(18)24/h2-12,30H,13H2,1H3,(H,26,27,31). The van der Waals surface area contributed by atoms with Gasteiger partial charge < -0.3 is 14.7 Å². The molecule has 0 spiro atoms. The Kier molecular flexibility index (Phi) is 4.48. The average Bonchev–Trinajstić information content (AvgIpc) is 3.37. The highest BCUT2D eigenvalue weighted by molar-refractivity contribution is 5.95. The molecule has 0 bridgehead atoms. The van der Waals surface area contributed by atoms with Gasteiger partial charge in [-0.05, 0) is 17.2 Å². The van der Waals surface area contributed by atoms with Crippen LogP contribution in [-0.4, -0.2) is 29.3 Å². The average molecular weight is 415 g/mol. The topological polar surface area (TPSA) is 88.2 Å². The van der Waals surface area contributed by atoms with Gasteiger partial charge in [0.1, 0.15) is 11.3 Å². The van der Waals surface area contributed by atoms with E-state index in [9.17, 15) is 14.3 Å². The molecule has 0 saturated heterocycles. The van der Waals surface area contributed by atoms with E-state index in [4.69, 9.17) is 0 Å². The third-order valence-corrected chi connectivity index (χ3v) is 5.28. The number of aryl methyl sites for hydroxylation is 1. The molecule has 5 aromatic rings. The van der Waals surface area contributed by atoms with Crippen molar-refractivity contribution in [2.45, 2.75) is 6.61 Å². The number of aromatic amines is 1. The molecule has 0 atom stereocenters. The van der Waals surface area contributed by atoms with Crippen molar-refractivity contribution in [3.05, 3.63) is 88.9 Å². The van der Waals surface area contributed by atoms with Gasteiger partial charge in [-0.25, -0.2) is 13.9 Å². The summed E-state index contributed by atoms with van der Waals surface area (Å²) in [7, 11) is 1.80. The molecule has 3 aromatic heterocycles. The first-order chi connectivity index (χ1) is 15.1. The lowest BCUT2D eigenvalue weighted by Crippen LogP contribution is -2.15. The van der Waals surface area contributed by atoms with Crippen molar-refractivity contribution in [1.29, 1.82) is 0 Å². The molecule has 154 valence electrons. The van der Waals surface area contributed by atoms with Crippen molar-refractivity contribution >= 4 is 5.52 Å². The third kappa shape index (κ3) is 3.04. The number of halogens is 1. The van der Waals surface area contributed by atoms with Crippen LogP contribution in [0.25, 0.3) is 39.4 Å². The number of fused-ring (bicyclic) bond motifs is 1. The molecule has 0 amide bonds. The Morgan fingerprint density at radius 3 is 2.61 bits per heavy atom. The highest BCUT2D eigenvalue weighted by Crippen LogP contribution is 2.38. The molecule has 31 heavy (non-hydrogen) atoms. The SMILES string of the molecule is Cn1ccnc1-c1nn2cc(-c3c(F)cccc3CO)c(-c3ccccc3)c2c(=O)[nH]1. The maximum absolute atomic E-state index is 15.0. The number of nitrogens with one attached hydrogen (secondary N) is 1. The summed E-state index contributed by atoms with van der Waals surface area (Å²) in [6, 6.07) is 13.8. The molecule has 0 aliphatic heterocycles. The van der Waals surface area contributed by atoms with E-state index in [2.05, 4.69) is 15.1 Å². The van der Waals surface area contributed by atoms with Crippen molar-refractivity contribution in [3.8, 4) is 33.9 Å². The fourth-order valence-corrected chi connectivity index (χ4v) is 3.87. The normalized spacial score (nSPS) is 11.3. The third-order valence-electron chi connectivity index (χ3n) is 5.28. The van der Waals surface area contributed by atoms with Gasteiger partial charge in [-0.2, -0.15) is 0 Å². The fraction of sp³-hybridized carbons (Fsp3) is 0.0870.